The largest absolute Gasteiger partial charge is 0.461 e. The molecule has 5 heteroatoms. The number of carbonyl (C=O) groups is 1. The Labute approximate surface area is 132 Å². The summed E-state index contributed by atoms with van der Waals surface area (Å²) in [5.74, 6) is 0.0802. The third-order valence-corrected chi connectivity index (χ3v) is 4.09. The SMILES string of the molecule is CCNC1CN(CCC(=O)OCc2ccccc2)CC1CO. The Hall–Kier alpha value is -1.43. The van der Waals surface area contributed by atoms with Gasteiger partial charge in [-0.15, -0.1) is 0 Å². The van der Waals surface area contributed by atoms with E-state index in [-0.39, 0.29) is 18.5 Å². The zero-order chi connectivity index (χ0) is 15.8. The molecular formula is C17H26N2O3. The molecule has 1 aliphatic heterocycles. The van der Waals surface area contributed by atoms with E-state index in [2.05, 4.69) is 17.1 Å². The summed E-state index contributed by atoms with van der Waals surface area (Å²) >= 11 is 0. The molecule has 2 unspecified atom stereocenters. The Morgan fingerprint density at radius 3 is 2.82 bits per heavy atom. The Morgan fingerprint density at radius 1 is 1.36 bits per heavy atom. The second kappa shape index (κ2) is 8.88. The molecule has 2 N–H and O–H groups in total. The highest BCUT2D eigenvalue weighted by Crippen LogP contribution is 2.17. The molecule has 0 bridgehead atoms. The van der Waals surface area contributed by atoms with Gasteiger partial charge in [0.15, 0.2) is 0 Å². The Balaban J connectivity index is 1.68. The topological polar surface area (TPSA) is 61.8 Å². The molecule has 2 atom stereocenters. The molecule has 22 heavy (non-hydrogen) atoms. The van der Waals surface area contributed by atoms with Crippen LogP contribution in [0.25, 0.3) is 0 Å². The number of nitrogens with one attached hydrogen (secondary N) is 1. The van der Waals surface area contributed by atoms with Gasteiger partial charge in [-0.2, -0.15) is 0 Å². The van der Waals surface area contributed by atoms with Crippen LogP contribution in [-0.4, -0.2) is 54.8 Å². The number of aliphatic hydroxyl groups excluding tert-OH is 1. The number of rotatable bonds is 8. The van der Waals surface area contributed by atoms with Crippen molar-refractivity contribution in [3.63, 3.8) is 0 Å². The predicted molar refractivity (Wildman–Crippen MR) is 85.3 cm³/mol. The molecule has 5 nitrogen and oxygen atoms in total. The lowest BCUT2D eigenvalue weighted by molar-refractivity contribution is -0.145. The molecule has 0 radical (unpaired) electrons. The first kappa shape index (κ1) is 16.9. The van der Waals surface area contributed by atoms with Crippen LogP contribution in [0.1, 0.15) is 18.9 Å². The van der Waals surface area contributed by atoms with Gasteiger partial charge in [-0.25, -0.2) is 0 Å². The number of nitrogens with zero attached hydrogens (tertiary/aromatic N) is 1. The molecular weight excluding hydrogens is 280 g/mol. The van der Waals surface area contributed by atoms with Crippen LogP contribution >= 0.6 is 0 Å². The predicted octanol–water partition coefficient (Wildman–Crippen LogP) is 1.02. The van der Waals surface area contributed by atoms with Gasteiger partial charge in [0.2, 0.25) is 0 Å². The van der Waals surface area contributed by atoms with Crippen molar-refractivity contribution in [3.8, 4) is 0 Å². The first-order valence-electron chi connectivity index (χ1n) is 7.99. The minimum Gasteiger partial charge on any atom is -0.461 e. The number of aliphatic hydroxyl groups is 1. The number of benzene rings is 1. The molecule has 1 heterocycles. The number of hydrogen-bond acceptors (Lipinski definition) is 5. The summed E-state index contributed by atoms with van der Waals surface area (Å²) in [6.45, 7) is 5.88. The van der Waals surface area contributed by atoms with Crippen LogP contribution in [0.2, 0.25) is 0 Å². The number of likely N-dealkylation sites (N-methyl/N-ethyl adjacent to an activating group) is 1. The summed E-state index contributed by atoms with van der Waals surface area (Å²) in [5, 5.41) is 12.8. The van der Waals surface area contributed by atoms with E-state index in [1.54, 1.807) is 0 Å². The molecule has 0 amide bonds. The highest BCUT2D eigenvalue weighted by molar-refractivity contribution is 5.69. The van der Waals surface area contributed by atoms with Crippen LogP contribution in [-0.2, 0) is 16.1 Å². The fourth-order valence-corrected chi connectivity index (χ4v) is 2.88. The minimum atomic E-state index is -0.170. The highest BCUT2D eigenvalue weighted by Gasteiger charge is 2.31. The van der Waals surface area contributed by atoms with Crippen LogP contribution < -0.4 is 5.32 Å². The van der Waals surface area contributed by atoms with E-state index in [1.165, 1.54) is 0 Å². The average Bonchev–Trinajstić information content (AvgIpc) is 2.94. The lowest BCUT2D eigenvalue weighted by Crippen LogP contribution is -2.37. The third-order valence-electron chi connectivity index (χ3n) is 4.09. The van der Waals surface area contributed by atoms with Crippen LogP contribution in [0, 0.1) is 5.92 Å². The van der Waals surface area contributed by atoms with Crippen molar-refractivity contribution in [1.29, 1.82) is 0 Å². The van der Waals surface area contributed by atoms with Gasteiger partial charge in [0.25, 0.3) is 0 Å². The number of ether oxygens (including phenoxy) is 1. The van der Waals surface area contributed by atoms with Crippen molar-refractivity contribution in [2.75, 3.05) is 32.8 Å². The molecule has 122 valence electrons. The van der Waals surface area contributed by atoms with Crippen LogP contribution in [0.5, 0.6) is 0 Å². The smallest absolute Gasteiger partial charge is 0.307 e. The maximum atomic E-state index is 11.8. The van der Waals surface area contributed by atoms with Crippen molar-refractivity contribution >= 4 is 5.97 Å². The number of hydrogen-bond donors (Lipinski definition) is 2. The van der Waals surface area contributed by atoms with E-state index in [9.17, 15) is 9.90 Å². The summed E-state index contributed by atoms with van der Waals surface area (Å²) in [7, 11) is 0. The molecule has 1 aliphatic rings. The molecule has 0 aromatic heterocycles. The quantitative estimate of drug-likeness (QED) is 0.702. The van der Waals surface area contributed by atoms with Crippen molar-refractivity contribution in [2.45, 2.75) is 26.0 Å². The summed E-state index contributed by atoms with van der Waals surface area (Å²) in [5.41, 5.74) is 1.00. The van der Waals surface area contributed by atoms with Gasteiger partial charge in [0, 0.05) is 38.2 Å². The van der Waals surface area contributed by atoms with Gasteiger partial charge in [-0.1, -0.05) is 37.3 Å². The van der Waals surface area contributed by atoms with E-state index >= 15 is 0 Å². The zero-order valence-corrected chi connectivity index (χ0v) is 13.2. The van der Waals surface area contributed by atoms with Gasteiger partial charge in [-0.05, 0) is 12.1 Å². The molecule has 1 saturated heterocycles. The van der Waals surface area contributed by atoms with Gasteiger partial charge < -0.3 is 20.1 Å². The minimum absolute atomic E-state index is 0.170. The van der Waals surface area contributed by atoms with Gasteiger partial charge >= 0.3 is 5.97 Å². The molecule has 1 fully saturated rings. The fraction of sp³-hybridized carbons (Fsp3) is 0.588. The zero-order valence-electron chi connectivity index (χ0n) is 13.2. The van der Waals surface area contributed by atoms with Crippen LogP contribution in [0.3, 0.4) is 0 Å². The Morgan fingerprint density at radius 2 is 2.14 bits per heavy atom. The summed E-state index contributed by atoms with van der Waals surface area (Å²) in [6.07, 6.45) is 0.393. The van der Waals surface area contributed by atoms with E-state index in [1.807, 2.05) is 30.3 Å². The maximum Gasteiger partial charge on any atom is 0.307 e. The number of carbonyl (C=O) groups excluding carboxylic acids is 1. The van der Waals surface area contributed by atoms with Crippen molar-refractivity contribution in [1.82, 2.24) is 10.2 Å². The normalized spacial score (nSPS) is 21.9. The monoisotopic (exact) mass is 306 g/mol. The van der Waals surface area contributed by atoms with E-state index in [0.29, 0.717) is 25.6 Å². The Kier molecular flexibility index (Phi) is 6.83. The standard InChI is InChI=1S/C17H26N2O3/c1-2-18-16-11-19(10-15(16)12-20)9-8-17(21)22-13-14-6-4-3-5-7-14/h3-7,15-16,18,20H,2,8-13H2,1H3. The average molecular weight is 306 g/mol. The Bertz CT molecular complexity index is 452. The third kappa shape index (κ3) is 5.09. The molecule has 0 spiro atoms. The molecule has 2 rings (SSSR count). The van der Waals surface area contributed by atoms with Crippen molar-refractivity contribution in [2.24, 2.45) is 5.92 Å². The summed E-state index contributed by atoms with van der Waals surface area (Å²) in [6, 6.07) is 10.0. The van der Waals surface area contributed by atoms with E-state index < -0.39 is 0 Å². The molecule has 1 aromatic carbocycles. The van der Waals surface area contributed by atoms with E-state index in [4.69, 9.17) is 4.74 Å². The first-order valence-corrected chi connectivity index (χ1v) is 7.99. The van der Waals surface area contributed by atoms with Crippen LogP contribution in [0.4, 0.5) is 0 Å². The maximum absolute atomic E-state index is 11.8. The molecule has 0 aliphatic carbocycles. The number of esters is 1. The second-order valence-corrected chi connectivity index (χ2v) is 5.76. The van der Waals surface area contributed by atoms with Gasteiger partial charge in [0.05, 0.1) is 6.42 Å². The highest BCUT2D eigenvalue weighted by atomic mass is 16.5. The summed E-state index contributed by atoms with van der Waals surface area (Å²) < 4.78 is 5.28. The van der Waals surface area contributed by atoms with Crippen molar-refractivity contribution < 1.29 is 14.6 Å². The first-order chi connectivity index (χ1) is 10.7. The van der Waals surface area contributed by atoms with Crippen molar-refractivity contribution in [3.05, 3.63) is 35.9 Å². The van der Waals surface area contributed by atoms with Crippen LogP contribution in [0.15, 0.2) is 30.3 Å². The lowest BCUT2D eigenvalue weighted by Gasteiger charge is -2.16. The van der Waals surface area contributed by atoms with Gasteiger partial charge in [0.1, 0.15) is 6.61 Å². The molecule has 1 aromatic rings. The van der Waals surface area contributed by atoms with E-state index in [0.717, 1.165) is 25.2 Å². The summed E-state index contributed by atoms with van der Waals surface area (Å²) in [4.78, 5) is 14.0. The lowest BCUT2D eigenvalue weighted by atomic mass is 10.1. The number of likely N-dealkylation sites (tertiary alicyclic amines) is 1. The van der Waals surface area contributed by atoms with Gasteiger partial charge in [-0.3, -0.25) is 4.79 Å². The second-order valence-electron chi connectivity index (χ2n) is 5.76. The fourth-order valence-electron chi connectivity index (χ4n) is 2.88. The molecule has 0 saturated carbocycles.